The molecule has 5 nitrogen and oxygen atoms in total. The first-order chi connectivity index (χ1) is 9.62. The zero-order chi connectivity index (χ0) is 14.2. The molecule has 0 bridgehead atoms. The lowest BCUT2D eigenvalue weighted by Gasteiger charge is -2.39. The van der Waals surface area contributed by atoms with Gasteiger partial charge in [0, 0.05) is 13.1 Å². The van der Waals surface area contributed by atoms with Crippen LogP contribution in [0.4, 0.5) is 4.79 Å². The molecule has 1 saturated carbocycles. The average molecular weight is 275 g/mol. The van der Waals surface area contributed by atoms with E-state index >= 15 is 0 Å². The van der Waals surface area contributed by atoms with Crippen LogP contribution in [0.2, 0.25) is 0 Å². The van der Waals surface area contributed by atoms with Crippen molar-refractivity contribution in [1.29, 1.82) is 0 Å². The van der Waals surface area contributed by atoms with E-state index in [1.165, 1.54) is 4.90 Å². The molecule has 3 rings (SSSR count). The van der Waals surface area contributed by atoms with Gasteiger partial charge in [0.1, 0.15) is 6.61 Å². The molecule has 1 amide bonds. The van der Waals surface area contributed by atoms with Gasteiger partial charge >= 0.3 is 12.1 Å². The summed E-state index contributed by atoms with van der Waals surface area (Å²) in [6, 6.07) is 9.46. The van der Waals surface area contributed by atoms with E-state index in [0.29, 0.717) is 13.0 Å². The second kappa shape index (κ2) is 4.81. The SMILES string of the molecule is O=C(OCc1ccccc1)N1CC2CCC2(C(=O)O)C1. The summed E-state index contributed by atoms with van der Waals surface area (Å²) in [5, 5.41) is 9.32. The Balaban J connectivity index is 1.58. The highest BCUT2D eigenvalue weighted by Crippen LogP contribution is 2.52. The number of fused-ring (bicyclic) bond motifs is 1. The van der Waals surface area contributed by atoms with Crippen molar-refractivity contribution in [2.24, 2.45) is 11.3 Å². The Kier molecular flexibility index (Phi) is 3.12. The van der Waals surface area contributed by atoms with E-state index < -0.39 is 17.5 Å². The molecule has 106 valence electrons. The largest absolute Gasteiger partial charge is 0.481 e. The molecule has 20 heavy (non-hydrogen) atoms. The van der Waals surface area contributed by atoms with Gasteiger partial charge in [0.25, 0.3) is 0 Å². The number of hydrogen-bond acceptors (Lipinski definition) is 3. The second-order valence-electron chi connectivity index (χ2n) is 5.62. The van der Waals surface area contributed by atoms with Crippen LogP contribution in [-0.4, -0.2) is 35.2 Å². The number of amides is 1. The fourth-order valence-electron chi connectivity index (χ4n) is 3.14. The highest BCUT2D eigenvalue weighted by atomic mass is 16.6. The van der Waals surface area contributed by atoms with Crippen molar-refractivity contribution >= 4 is 12.1 Å². The molecule has 2 aliphatic rings. The summed E-state index contributed by atoms with van der Waals surface area (Å²) in [4.78, 5) is 24.9. The summed E-state index contributed by atoms with van der Waals surface area (Å²) >= 11 is 0. The standard InChI is InChI=1S/C15H17NO4/c17-13(18)15-7-6-12(15)8-16(10-15)14(19)20-9-11-4-2-1-3-5-11/h1-5,12H,6-10H2,(H,17,18). The summed E-state index contributed by atoms with van der Waals surface area (Å²) in [6.07, 6.45) is 1.13. The summed E-state index contributed by atoms with van der Waals surface area (Å²) in [6.45, 7) is 1.00. The molecule has 1 heterocycles. The van der Waals surface area contributed by atoms with Crippen LogP contribution < -0.4 is 0 Å². The van der Waals surface area contributed by atoms with Crippen molar-refractivity contribution in [3.63, 3.8) is 0 Å². The van der Waals surface area contributed by atoms with Gasteiger partial charge in [-0.3, -0.25) is 4.79 Å². The molecular weight excluding hydrogens is 258 g/mol. The van der Waals surface area contributed by atoms with Crippen LogP contribution in [0.3, 0.4) is 0 Å². The van der Waals surface area contributed by atoms with E-state index in [1.54, 1.807) is 0 Å². The van der Waals surface area contributed by atoms with Gasteiger partial charge in [0.05, 0.1) is 5.41 Å². The summed E-state index contributed by atoms with van der Waals surface area (Å²) in [7, 11) is 0. The number of hydrogen-bond donors (Lipinski definition) is 1. The molecule has 1 aromatic rings. The van der Waals surface area contributed by atoms with Crippen LogP contribution in [0.5, 0.6) is 0 Å². The minimum absolute atomic E-state index is 0.0873. The van der Waals surface area contributed by atoms with Crippen molar-refractivity contribution < 1.29 is 19.4 Å². The van der Waals surface area contributed by atoms with E-state index in [9.17, 15) is 14.7 Å². The highest BCUT2D eigenvalue weighted by molar-refractivity contribution is 5.79. The maximum absolute atomic E-state index is 12.0. The number of ether oxygens (including phenoxy) is 1. The van der Waals surface area contributed by atoms with E-state index in [4.69, 9.17) is 4.74 Å². The van der Waals surface area contributed by atoms with Crippen LogP contribution in [0.1, 0.15) is 18.4 Å². The number of carbonyl (C=O) groups is 2. The van der Waals surface area contributed by atoms with Gasteiger partial charge in [0.2, 0.25) is 0 Å². The normalized spacial score (nSPS) is 27.6. The lowest BCUT2D eigenvalue weighted by atomic mass is 9.62. The molecule has 1 saturated heterocycles. The molecule has 2 unspecified atom stereocenters. The molecule has 1 N–H and O–H groups in total. The van der Waals surface area contributed by atoms with Crippen LogP contribution >= 0.6 is 0 Å². The first kappa shape index (κ1) is 13.0. The molecule has 0 spiro atoms. The quantitative estimate of drug-likeness (QED) is 0.917. The summed E-state index contributed by atoms with van der Waals surface area (Å²) in [5.41, 5.74) is 0.210. The first-order valence-corrected chi connectivity index (χ1v) is 6.81. The zero-order valence-electron chi connectivity index (χ0n) is 11.1. The number of nitrogens with zero attached hydrogens (tertiary/aromatic N) is 1. The first-order valence-electron chi connectivity index (χ1n) is 6.81. The third-order valence-corrected chi connectivity index (χ3v) is 4.52. The monoisotopic (exact) mass is 275 g/mol. The highest BCUT2D eigenvalue weighted by Gasteiger charge is 2.59. The third kappa shape index (κ3) is 2.03. The number of aliphatic carboxylic acids is 1. The molecule has 2 fully saturated rings. The van der Waals surface area contributed by atoms with Gasteiger partial charge in [0.15, 0.2) is 0 Å². The van der Waals surface area contributed by atoms with Gasteiger partial charge in [-0.15, -0.1) is 0 Å². The predicted octanol–water partition coefficient (Wildman–Crippen LogP) is 2.12. The zero-order valence-corrected chi connectivity index (χ0v) is 11.1. The maximum Gasteiger partial charge on any atom is 0.410 e. The van der Waals surface area contributed by atoms with Gasteiger partial charge in [-0.25, -0.2) is 4.79 Å². The number of benzene rings is 1. The van der Waals surface area contributed by atoms with Gasteiger partial charge in [-0.2, -0.15) is 0 Å². The van der Waals surface area contributed by atoms with Crippen molar-refractivity contribution in [2.45, 2.75) is 19.4 Å². The van der Waals surface area contributed by atoms with Crippen molar-refractivity contribution in [1.82, 2.24) is 4.90 Å². The lowest BCUT2D eigenvalue weighted by molar-refractivity contribution is -0.156. The minimum atomic E-state index is -0.785. The molecule has 0 radical (unpaired) electrons. The Bertz CT molecular complexity index is 530. The number of carbonyl (C=O) groups excluding carboxylic acids is 1. The van der Waals surface area contributed by atoms with Crippen molar-refractivity contribution in [2.75, 3.05) is 13.1 Å². The fraction of sp³-hybridized carbons (Fsp3) is 0.467. The Morgan fingerprint density at radius 3 is 2.65 bits per heavy atom. The summed E-state index contributed by atoms with van der Waals surface area (Å²) in [5.74, 6) is -0.698. The van der Waals surface area contributed by atoms with Gasteiger partial charge in [-0.1, -0.05) is 30.3 Å². The van der Waals surface area contributed by atoms with Gasteiger partial charge in [-0.05, 0) is 24.3 Å². The molecular formula is C15H17NO4. The molecule has 5 heteroatoms. The Labute approximate surface area is 117 Å². The molecule has 1 aliphatic carbocycles. The van der Waals surface area contributed by atoms with E-state index in [2.05, 4.69) is 0 Å². The van der Waals surface area contributed by atoms with E-state index in [0.717, 1.165) is 12.0 Å². The fourth-order valence-corrected chi connectivity index (χ4v) is 3.14. The predicted molar refractivity (Wildman–Crippen MR) is 71.0 cm³/mol. The third-order valence-electron chi connectivity index (χ3n) is 4.52. The van der Waals surface area contributed by atoms with Crippen LogP contribution in [0.15, 0.2) is 30.3 Å². The molecule has 1 aromatic carbocycles. The number of carboxylic acids is 1. The molecule has 1 aliphatic heterocycles. The van der Waals surface area contributed by atoms with Crippen LogP contribution in [0.25, 0.3) is 0 Å². The number of likely N-dealkylation sites (tertiary alicyclic amines) is 1. The minimum Gasteiger partial charge on any atom is -0.481 e. The molecule has 2 atom stereocenters. The second-order valence-corrected chi connectivity index (χ2v) is 5.62. The molecule has 0 aromatic heterocycles. The Morgan fingerprint density at radius 1 is 1.35 bits per heavy atom. The maximum atomic E-state index is 12.0. The lowest BCUT2D eigenvalue weighted by Crippen LogP contribution is -2.46. The Morgan fingerprint density at radius 2 is 2.10 bits per heavy atom. The number of rotatable bonds is 3. The average Bonchev–Trinajstić information content (AvgIpc) is 2.70. The van der Waals surface area contributed by atoms with Gasteiger partial charge < -0.3 is 14.7 Å². The topological polar surface area (TPSA) is 66.8 Å². The van der Waals surface area contributed by atoms with Crippen LogP contribution in [0, 0.1) is 11.3 Å². The summed E-state index contributed by atoms with van der Waals surface area (Å²) < 4.78 is 5.26. The van der Waals surface area contributed by atoms with E-state index in [1.807, 2.05) is 30.3 Å². The van der Waals surface area contributed by atoms with Crippen LogP contribution in [-0.2, 0) is 16.1 Å². The van der Waals surface area contributed by atoms with E-state index in [-0.39, 0.29) is 19.1 Å². The Hall–Kier alpha value is -2.04. The van der Waals surface area contributed by atoms with Crippen molar-refractivity contribution in [3.8, 4) is 0 Å². The smallest absolute Gasteiger partial charge is 0.410 e. The number of carboxylic acid groups (broad SMARTS) is 1. The van der Waals surface area contributed by atoms with Crippen molar-refractivity contribution in [3.05, 3.63) is 35.9 Å².